The van der Waals surface area contributed by atoms with Crippen molar-refractivity contribution in [2.45, 2.75) is 12.8 Å². The van der Waals surface area contributed by atoms with Gasteiger partial charge in [-0.3, -0.25) is 14.6 Å². The highest BCUT2D eigenvalue weighted by Gasteiger charge is 2.19. The van der Waals surface area contributed by atoms with Crippen molar-refractivity contribution < 1.29 is 9.59 Å². The van der Waals surface area contributed by atoms with E-state index in [0.717, 1.165) is 31.7 Å². The molecule has 1 N–H and O–H groups in total. The van der Waals surface area contributed by atoms with Crippen molar-refractivity contribution >= 4 is 11.8 Å². The number of nitrogens with one attached hydrogen (secondary N) is 1. The van der Waals surface area contributed by atoms with E-state index >= 15 is 0 Å². The van der Waals surface area contributed by atoms with E-state index in [9.17, 15) is 9.59 Å². The largest absolute Gasteiger partial charge is 0.339 e. The van der Waals surface area contributed by atoms with Crippen LogP contribution in [0.25, 0.3) is 0 Å². The summed E-state index contributed by atoms with van der Waals surface area (Å²) in [6.45, 7) is 3.24. The van der Waals surface area contributed by atoms with Crippen LogP contribution < -0.4 is 5.32 Å². The molecule has 2 heterocycles. The molecule has 1 fully saturated rings. The maximum atomic E-state index is 12.1. The van der Waals surface area contributed by atoms with E-state index in [1.165, 1.54) is 4.90 Å². The molecule has 6 nitrogen and oxygen atoms in total. The minimum atomic E-state index is -0.0117. The number of amides is 2. The fraction of sp³-hybridized carbons (Fsp3) is 0.533. The van der Waals surface area contributed by atoms with Crippen molar-refractivity contribution in [3.05, 3.63) is 30.1 Å². The number of nitrogens with zero attached hydrogens (tertiary/aromatic N) is 3. The highest BCUT2D eigenvalue weighted by molar-refractivity contribution is 5.84. The predicted octanol–water partition coefficient (Wildman–Crippen LogP) is -0.0956. The van der Waals surface area contributed by atoms with Crippen LogP contribution in [0.15, 0.2) is 24.5 Å². The van der Waals surface area contributed by atoms with E-state index in [1.807, 2.05) is 12.1 Å². The van der Waals surface area contributed by atoms with Crippen LogP contribution in [0.1, 0.15) is 12.0 Å². The monoisotopic (exact) mass is 290 g/mol. The van der Waals surface area contributed by atoms with Gasteiger partial charge in [0.2, 0.25) is 11.8 Å². The van der Waals surface area contributed by atoms with Gasteiger partial charge < -0.3 is 15.1 Å². The predicted molar refractivity (Wildman–Crippen MR) is 79.6 cm³/mol. The minimum Gasteiger partial charge on any atom is -0.339 e. The quantitative estimate of drug-likeness (QED) is 0.823. The molecule has 0 aliphatic carbocycles. The molecule has 6 heteroatoms. The lowest BCUT2D eigenvalue weighted by Gasteiger charge is -2.29. The number of rotatable bonds is 5. The number of hydrogen-bond donors (Lipinski definition) is 1. The Kier molecular flexibility index (Phi) is 5.68. The summed E-state index contributed by atoms with van der Waals surface area (Å²) < 4.78 is 0. The van der Waals surface area contributed by atoms with Gasteiger partial charge in [-0.25, -0.2) is 0 Å². The van der Waals surface area contributed by atoms with E-state index in [-0.39, 0.29) is 18.4 Å². The molecule has 1 aromatic rings. The Morgan fingerprint density at radius 2 is 2.14 bits per heavy atom. The lowest BCUT2D eigenvalue weighted by atomic mass is 10.1. The topological polar surface area (TPSA) is 65.5 Å². The van der Waals surface area contributed by atoms with Crippen molar-refractivity contribution in [2.75, 3.05) is 39.8 Å². The molecule has 1 aromatic heterocycles. The van der Waals surface area contributed by atoms with Gasteiger partial charge >= 0.3 is 0 Å². The second kappa shape index (κ2) is 7.73. The highest BCUT2D eigenvalue weighted by atomic mass is 16.2. The summed E-state index contributed by atoms with van der Waals surface area (Å²) >= 11 is 0. The molecule has 1 saturated heterocycles. The summed E-state index contributed by atoms with van der Waals surface area (Å²) in [5, 5.41) is 3.20. The smallest absolute Gasteiger partial charge is 0.242 e. The maximum Gasteiger partial charge on any atom is 0.242 e. The van der Waals surface area contributed by atoms with Gasteiger partial charge in [0.05, 0.1) is 6.54 Å². The molecule has 1 aliphatic heterocycles. The first-order chi connectivity index (χ1) is 10.2. The Morgan fingerprint density at radius 1 is 1.38 bits per heavy atom. The third kappa shape index (κ3) is 4.82. The van der Waals surface area contributed by atoms with Crippen LogP contribution in [0, 0.1) is 0 Å². The number of aryl methyl sites for hydroxylation is 1. The van der Waals surface area contributed by atoms with Crippen LogP contribution in [-0.2, 0) is 16.0 Å². The number of piperazine rings is 1. The van der Waals surface area contributed by atoms with E-state index < -0.39 is 0 Å². The summed E-state index contributed by atoms with van der Waals surface area (Å²) in [5.74, 6) is 0.0102. The van der Waals surface area contributed by atoms with Crippen LogP contribution in [0.3, 0.4) is 0 Å². The fourth-order valence-corrected chi connectivity index (χ4v) is 2.29. The average molecular weight is 290 g/mol. The van der Waals surface area contributed by atoms with E-state index in [1.54, 1.807) is 24.3 Å². The van der Waals surface area contributed by atoms with E-state index in [0.29, 0.717) is 12.8 Å². The van der Waals surface area contributed by atoms with Crippen LogP contribution >= 0.6 is 0 Å². The Labute approximate surface area is 125 Å². The van der Waals surface area contributed by atoms with Gasteiger partial charge in [-0.2, -0.15) is 0 Å². The highest BCUT2D eigenvalue weighted by Crippen LogP contribution is 2.03. The molecule has 2 amide bonds. The molecule has 0 bridgehead atoms. The van der Waals surface area contributed by atoms with Crippen molar-refractivity contribution in [3.63, 3.8) is 0 Å². The zero-order valence-corrected chi connectivity index (χ0v) is 12.4. The van der Waals surface area contributed by atoms with E-state index in [2.05, 4.69) is 10.3 Å². The molecule has 21 heavy (non-hydrogen) atoms. The van der Waals surface area contributed by atoms with Crippen molar-refractivity contribution in [1.29, 1.82) is 0 Å². The second-order valence-corrected chi connectivity index (χ2v) is 5.24. The van der Waals surface area contributed by atoms with Crippen molar-refractivity contribution in [2.24, 2.45) is 0 Å². The van der Waals surface area contributed by atoms with E-state index in [4.69, 9.17) is 0 Å². The molecule has 114 valence electrons. The second-order valence-electron chi connectivity index (χ2n) is 5.24. The Hall–Kier alpha value is -1.95. The SMILES string of the molecule is CN(CC(=O)N1CCNCC1)C(=O)CCc1cccnc1. The molecule has 0 unspecified atom stereocenters. The summed E-state index contributed by atoms with van der Waals surface area (Å²) in [7, 11) is 1.69. The summed E-state index contributed by atoms with van der Waals surface area (Å²) in [6.07, 6.45) is 4.53. The van der Waals surface area contributed by atoms with Gasteiger partial charge in [0.25, 0.3) is 0 Å². The zero-order valence-electron chi connectivity index (χ0n) is 12.4. The standard InChI is InChI=1S/C15H22N4O2/c1-18(12-15(21)19-9-7-16-8-10-19)14(20)5-4-13-3-2-6-17-11-13/h2-3,6,11,16H,4-5,7-10,12H2,1H3. The molecular formula is C15H22N4O2. The number of aromatic nitrogens is 1. The molecule has 0 spiro atoms. The van der Waals surface area contributed by atoms with Crippen LogP contribution in [0.4, 0.5) is 0 Å². The van der Waals surface area contributed by atoms with Gasteiger partial charge in [-0.1, -0.05) is 6.07 Å². The van der Waals surface area contributed by atoms with Crippen LogP contribution in [-0.4, -0.2) is 66.4 Å². The van der Waals surface area contributed by atoms with Gasteiger partial charge in [0.15, 0.2) is 0 Å². The number of pyridine rings is 1. The first-order valence-electron chi connectivity index (χ1n) is 7.28. The van der Waals surface area contributed by atoms with Crippen LogP contribution in [0.2, 0.25) is 0 Å². The molecule has 0 atom stereocenters. The Balaban J connectivity index is 1.75. The molecule has 0 radical (unpaired) electrons. The van der Waals surface area contributed by atoms with Crippen LogP contribution in [0.5, 0.6) is 0 Å². The van der Waals surface area contributed by atoms with Gasteiger partial charge in [-0.05, 0) is 18.1 Å². The molecule has 2 rings (SSSR count). The first-order valence-corrected chi connectivity index (χ1v) is 7.28. The number of carbonyl (C=O) groups excluding carboxylic acids is 2. The third-order valence-electron chi connectivity index (χ3n) is 3.62. The maximum absolute atomic E-state index is 12.1. The normalized spacial score (nSPS) is 14.8. The van der Waals surface area contributed by atoms with Gasteiger partial charge in [0.1, 0.15) is 0 Å². The lowest BCUT2D eigenvalue weighted by Crippen LogP contribution is -2.49. The minimum absolute atomic E-state index is 0.0117. The Morgan fingerprint density at radius 3 is 2.81 bits per heavy atom. The van der Waals surface area contributed by atoms with Gasteiger partial charge in [-0.15, -0.1) is 0 Å². The number of carbonyl (C=O) groups is 2. The summed E-state index contributed by atoms with van der Waals surface area (Å²) in [6, 6.07) is 3.81. The molecular weight excluding hydrogens is 268 g/mol. The molecule has 0 saturated carbocycles. The fourth-order valence-electron chi connectivity index (χ4n) is 2.29. The van der Waals surface area contributed by atoms with Crippen molar-refractivity contribution in [1.82, 2.24) is 20.1 Å². The zero-order chi connectivity index (χ0) is 15.1. The van der Waals surface area contributed by atoms with Gasteiger partial charge in [0, 0.05) is 52.0 Å². The molecule has 1 aliphatic rings. The summed E-state index contributed by atoms with van der Waals surface area (Å²) in [4.78, 5) is 31.5. The third-order valence-corrected chi connectivity index (χ3v) is 3.62. The lowest BCUT2D eigenvalue weighted by molar-refractivity contribution is -0.139. The average Bonchev–Trinajstić information content (AvgIpc) is 2.54. The Bertz CT molecular complexity index is 472. The molecule has 0 aromatic carbocycles. The first kappa shape index (κ1) is 15.4. The number of likely N-dealkylation sites (N-methyl/N-ethyl adjacent to an activating group) is 1. The van der Waals surface area contributed by atoms with Crippen molar-refractivity contribution in [3.8, 4) is 0 Å². The number of hydrogen-bond acceptors (Lipinski definition) is 4. The summed E-state index contributed by atoms with van der Waals surface area (Å²) in [5.41, 5.74) is 1.03.